The van der Waals surface area contributed by atoms with E-state index >= 15 is 0 Å². The van der Waals surface area contributed by atoms with Crippen molar-refractivity contribution in [1.82, 2.24) is 4.90 Å². The van der Waals surface area contributed by atoms with Crippen LogP contribution in [0.15, 0.2) is 12.1 Å². The first kappa shape index (κ1) is 15.6. The molecule has 0 aromatic heterocycles. The number of piperazine rings is 1. The summed E-state index contributed by atoms with van der Waals surface area (Å²) in [5.74, 6) is -0.383. The highest BCUT2D eigenvalue weighted by molar-refractivity contribution is 5.97. The average Bonchev–Trinajstić information content (AvgIpc) is 2.43. The van der Waals surface area contributed by atoms with E-state index in [2.05, 4.69) is 30.7 Å². The van der Waals surface area contributed by atoms with Gasteiger partial charge in [0.1, 0.15) is 0 Å². The predicted octanol–water partition coefficient (Wildman–Crippen LogP) is 1.89. The van der Waals surface area contributed by atoms with Crippen LogP contribution in [-0.2, 0) is 4.74 Å². The maximum atomic E-state index is 11.9. The van der Waals surface area contributed by atoms with E-state index in [1.807, 2.05) is 19.1 Å². The molecule has 1 heterocycles. The summed E-state index contributed by atoms with van der Waals surface area (Å²) in [5, 5.41) is 0. The SMILES string of the molecule is COC(=O)c1cc(N2CCN(C)C(C)(C)C2)cc(C)c1N. The molecular weight excluding hydrogens is 266 g/mol. The third-order valence-corrected chi connectivity index (χ3v) is 4.46. The van der Waals surface area contributed by atoms with E-state index in [1.165, 1.54) is 7.11 Å². The van der Waals surface area contributed by atoms with Crippen LogP contribution >= 0.6 is 0 Å². The molecule has 1 fully saturated rings. The Labute approximate surface area is 126 Å². The van der Waals surface area contributed by atoms with Crippen LogP contribution in [0, 0.1) is 6.92 Å². The Kier molecular flexibility index (Phi) is 4.14. The lowest BCUT2D eigenvalue weighted by Gasteiger charge is -2.46. The minimum absolute atomic E-state index is 0.0962. The maximum Gasteiger partial charge on any atom is 0.340 e. The topological polar surface area (TPSA) is 58.8 Å². The van der Waals surface area contributed by atoms with Crippen LogP contribution in [-0.4, -0.2) is 50.2 Å². The van der Waals surface area contributed by atoms with Gasteiger partial charge in [-0.25, -0.2) is 4.79 Å². The second-order valence-electron chi connectivity index (χ2n) is 6.37. The number of methoxy groups -OCH3 is 1. The molecule has 116 valence electrons. The number of hydrogen-bond acceptors (Lipinski definition) is 5. The van der Waals surface area contributed by atoms with Gasteiger partial charge in [0.25, 0.3) is 0 Å². The summed E-state index contributed by atoms with van der Waals surface area (Å²) in [4.78, 5) is 16.5. The van der Waals surface area contributed by atoms with E-state index in [9.17, 15) is 4.79 Å². The van der Waals surface area contributed by atoms with Gasteiger partial charge in [-0.05, 0) is 45.5 Å². The first-order valence-corrected chi connectivity index (χ1v) is 7.21. The molecule has 21 heavy (non-hydrogen) atoms. The van der Waals surface area contributed by atoms with Crippen molar-refractivity contribution in [3.05, 3.63) is 23.3 Å². The predicted molar refractivity (Wildman–Crippen MR) is 85.9 cm³/mol. The van der Waals surface area contributed by atoms with Gasteiger partial charge in [-0.15, -0.1) is 0 Å². The molecule has 0 bridgehead atoms. The molecule has 1 aliphatic rings. The van der Waals surface area contributed by atoms with Crippen LogP contribution in [0.3, 0.4) is 0 Å². The van der Waals surface area contributed by atoms with Crippen molar-refractivity contribution in [3.8, 4) is 0 Å². The molecule has 0 aliphatic carbocycles. The number of carbonyl (C=O) groups is 1. The fraction of sp³-hybridized carbons (Fsp3) is 0.562. The fourth-order valence-electron chi connectivity index (χ4n) is 2.70. The lowest BCUT2D eigenvalue weighted by molar-refractivity contribution is 0.0602. The van der Waals surface area contributed by atoms with Gasteiger partial charge in [-0.1, -0.05) is 0 Å². The summed E-state index contributed by atoms with van der Waals surface area (Å²) in [5.41, 5.74) is 8.99. The van der Waals surface area contributed by atoms with Crippen molar-refractivity contribution in [2.75, 3.05) is 44.4 Å². The smallest absolute Gasteiger partial charge is 0.340 e. The Hall–Kier alpha value is -1.75. The second kappa shape index (κ2) is 5.56. The molecule has 1 aromatic rings. The largest absolute Gasteiger partial charge is 0.465 e. The Balaban J connectivity index is 2.37. The van der Waals surface area contributed by atoms with Crippen LogP contribution in [0.25, 0.3) is 0 Å². The Bertz CT molecular complexity index is 555. The number of ether oxygens (including phenoxy) is 1. The number of anilines is 2. The Morgan fingerprint density at radius 3 is 2.57 bits per heavy atom. The highest BCUT2D eigenvalue weighted by Gasteiger charge is 2.31. The summed E-state index contributed by atoms with van der Waals surface area (Å²) in [6.45, 7) is 9.21. The average molecular weight is 291 g/mol. The van der Waals surface area contributed by atoms with Gasteiger partial charge in [-0.3, -0.25) is 4.90 Å². The number of esters is 1. The zero-order valence-electron chi connectivity index (χ0n) is 13.6. The summed E-state index contributed by atoms with van der Waals surface area (Å²) in [6, 6.07) is 3.89. The molecule has 0 spiro atoms. The number of nitrogens with zero attached hydrogens (tertiary/aromatic N) is 2. The van der Waals surface area contributed by atoms with Crippen molar-refractivity contribution in [1.29, 1.82) is 0 Å². The van der Waals surface area contributed by atoms with Crippen molar-refractivity contribution >= 4 is 17.3 Å². The standard InChI is InChI=1S/C16H25N3O2/c1-11-8-12(9-13(14(11)17)15(20)21-5)19-7-6-18(4)16(2,3)10-19/h8-9H,6-7,10,17H2,1-5H3. The number of benzene rings is 1. The maximum absolute atomic E-state index is 11.9. The van der Waals surface area contributed by atoms with Crippen LogP contribution < -0.4 is 10.6 Å². The molecule has 5 heteroatoms. The molecule has 2 N–H and O–H groups in total. The third-order valence-electron chi connectivity index (χ3n) is 4.46. The molecule has 1 saturated heterocycles. The molecule has 1 aliphatic heterocycles. The van der Waals surface area contributed by atoms with Gasteiger partial charge in [0.15, 0.2) is 0 Å². The van der Waals surface area contributed by atoms with E-state index in [0.29, 0.717) is 11.3 Å². The van der Waals surface area contributed by atoms with E-state index in [1.54, 1.807) is 0 Å². The highest BCUT2D eigenvalue weighted by Crippen LogP contribution is 2.29. The van der Waals surface area contributed by atoms with Gasteiger partial charge >= 0.3 is 5.97 Å². The van der Waals surface area contributed by atoms with Crippen LogP contribution in [0.4, 0.5) is 11.4 Å². The zero-order valence-corrected chi connectivity index (χ0v) is 13.6. The molecule has 0 atom stereocenters. The summed E-state index contributed by atoms with van der Waals surface area (Å²) >= 11 is 0. The fourth-order valence-corrected chi connectivity index (χ4v) is 2.70. The van der Waals surface area contributed by atoms with Gasteiger partial charge in [0.05, 0.1) is 12.7 Å². The third kappa shape index (κ3) is 2.97. The van der Waals surface area contributed by atoms with E-state index in [4.69, 9.17) is 10.5 Å². The summed E-state index contributed by atoms with van der Waals surface area (Å²) < 4.78 is 4.83. The van der Waals surface area contributed by atoms with Gasteiger partial charge in [-0.2, -0.15) is 0 Å². The molecule has 0 radical (unpaired) electrons. The Morgan fingerprint density at radius 1 is 1.33 bits per heavy atom. The first-order valence-electron chi connectivity index (χ1n) is 7.21. The molecule has 5 nitrogen and oxygen atoms in total. The van der Waals surface area contributed by atoms with Crippen molar-refractivity contribution < 1.29 is 9.53 Å². The minimum atomic E-state index is -0.383. The molecule has 0 saturated carbocycles. The summed E-state index contributed by atoms with van der Waals surface area (Å²) in [7, 11) is 3.52. The number of aryl methyl sites for hydroxylation is 1. The quantitative estimate of drug-likeness (QED) is 0.666. The van der Waals surface area contributed by atoms with Crippen molar-refractivity contribution in [2.45, 2.75) is 26.3 Å². The number of nitrogens with two attached hydrogens (primary N) is 1. The van der Waals surface area contributed by atoms with Gasteiger partial charge in [0.2, 0.25) is 0 Å². The number of hydrogen-bond donors (Lipinski definition) is 1. The van der Waals surface area contributed by atoms with Crippen molar-refractivity contribution in [3.63, 3.8) is 0 Å². The zero-order chi connectivity index (χ0) is 15.8. The van der Waals surface area contributed by atoms with Gasteiger partial charge in [0, 0.05) is 36.5 Å². The summed E-state index contributed by atoms with van der Waals surface area (Å²) in [6.07, 6.45) is 0. The molecular formula is C16H25N3O2. The van der Waals surface area contributed by atoms with Gasteiger partial charge < -0.3 is 15.4 Å². The normalized spacial score (nSPS) is 18.6. The number of likely N-dealkylation sites (N-methyl/N-ethyl adjacent to an activating group) is 1. The second-order valence-corrected chi connectivity index (χ2v) is 6.37. The van der Waals surface area contributed by atoms with E-state index < -0.39 is 0 Å². The lowest BCUT2D eigenvalue weighted by atomic mass is 9.98. The van der Waals surface area contributed by atoms with E-state index in [0.717, 1.165) is 30.9 Å². The number of nitrogen functional groups attached to an aromatic ring is 1. The van der Waals surface area contributed by atoms with Crippen LogP contribution in [0.2, 0.25) is 0 Å². The number of carbonyl (C=O) groups excluding carboxylic acids is 1. The monoisotopic (exact) mass is 291 g/mol. The minimum Gasteiger partial charge on any atom is -0.465 e. The molecule has 1 aromatic carbocycles. The first-order chi connectivity index (χ1) is 9.76. The molecule has 2 rings (SSSR count). The molecule has 0 unspecified atom stereocenters. The highest BCUT2D eigenvalue weighted by atomic mass is 16.5. The van der Waals surface area contributed by atoms with Crippen LogP contribution in [0.1, 0.15) is 29.8 Å². The number of rotatable bonds is 2. The molecule has 0 amide bonds. The van der Waals surface area contributed by atoms with Crippen molar-refractivity contribution in [2.24, 2.45) is 0 Å². The van der Waals surface area contributed by atoms with Crippen LogP contribution in [0.5, 0.6) is 0 Å². The van der Waals surface area contributed by atoms with E-state index in [-0.39, 0.29) is 11.5 Å². The lowest BCUT2D eigenvalue weighted by Crippen LogP contribution is -2.57. The Morgan fingerprint density at radius 2 is 2.00 bits per heavy atom.